The van der Waals surface area contributed by atoms with Gasteiger partial charge in [-0.1, -0.05) is 145 Å². The summed E-state index contributed by atoms with van der Waals surface area (Å²) in [6.45, 7) is 17.3. The highest BCUT2D eigenvalue weighted by atomic mass is 14.3. The predicted molar refractivity (Wildman–Crippen MR) is 161 cm³/mol. The van der Waals surface area contributed by atoms with Crippen LogP contribution in [0.4, 0.5) is 0 Å². The van der Waals surface area contributed by atoms with Crippen molar-refractivity contribution < 1.29 is 0 Å². The van der Waals surface area contributed by atoms with Gasteiger partial charge in [-0.2, -0.15) is 0 Å². The lowest BCUT2D eigenvalue weighted by atomic mass is 9.84. The van der Waals surface area contributed by atoms with Crippen molar-refractivity contribution in [3.8, 4) is 0 Å². The Morgan fingerprint density at radius 3 is 2.14 bits per heavy atom. The lowest BCUT2D eigenvalue weighted by Gasteiger charge is -2.21. The highest BCUT2D eigenvalue weighted by molar-refractivity contribution is 5.44. The van der Waals surface area contributed by atoms with Crippen LogP contribution in [0.5, 0.6) is 0 Å². The maximum atomic E-state index is 4.43. The zero-order valence-electron chi connectivity index (χ0n) is 22.5. The first-order valence-electron chi connectivity index (χ1n) is 13.5. The summed E-state index contributed by atoms with van der Waals surface area (Å²) >= 11 is 0. The molecule has 0 heteroatoms. The minimum atomic E-state index is 0.207. The monoisotopic (exact) mass is 484 g/mol. The molecule has 0 aromatic heterocycles. The van der Waals surface area contributed by atoms with E-state index in [1.807, 2.05) is 0 Å². The molecule has 0 N–H and O–H groups in total. The lowest BCUT2D eigenvalue weighted by molar-refractivity contribution is 0.712. The molecule has 188 valence electrons. The Balaban J connectivity index is 1.40. The second-order valence-electron chi connectivity index (χ2n) is 10.6. The summed E-state index contributed by atoms with van der Waals surface area (Å²) in [6, 6.07) is 30.5. The van der Waals surface area contributed by atoms with Gasteiger partial charge < -0.3 is 0 Å². The van der Waals surface area contributed by atoms with Gasteiger partial charge in [0.05, 0.1) is 0 Å². The van der Waals surface area contributed by atoms with Crippen molar-refractivity contribution in [2.75, 3.05) is 0 Å². The van der Waals surface area contributed by atoms with Crippen LogP contribution < -0.4 is 0 Å². The molecular weight excluding hydrogens is 444 g/mol. The first kappa shape index (κ1) is 26.4. The number of hydrogen-bond acceptors (Lipinski definition) is 0. The summed E-state index contributed by atoms with van der Waals surface area (Å²) < 4.78 is 0. The summed E-state index contributed by atoms with van der Waals surface area (Å²) in [4.78, 5) is 0. The van der Waals surface area contributed by atoms with E-state index in [-0.39, 0.29) is 5.92 Å². The smallest absolute Gasteiger partial charge is 0.0249 e. The molecule has 4 rings (SSSR count). The summed E-state index contributed by atoms with van der Waals surface area (Å²) in [5.41, 5.74) is 10.4. The first-order chi connectivity index (χ1) is 17.9. The normalized spacial score (nSPS) is 17.9. The Hall–Kier alpha value is -3.64. The maximum Gasteiger partial charge on any atom is 0.0249 e. The molecule has 0 aliphatic heterocycles. The van der Waals surface area contributed by atoms with Crippen molar-refractivity contribution in [1.82, 2.24) is 0 Å². The van der Waals surface area contributed by atoms with E-state index in [0.717, 1.165) is 31.3 Å². The zero-order valence-corrected chi connectivity index (χ0v) is 22.5. The zero-order chi connectivity index (χ0) is 26.2. The molecule has 3 atom stereocenters. The van der Waals surface area contributed by atoms with Gasteiger partial charge in [0.1, 0.15) is 0 Å². The third kappa shape index (κ3) is 6.98. The summed E-state index contributed by atoms with van der Waals surface area (Å²) in [7, 11) is 0. The molecule has 0 spiro atoms. The van der Waals surface area contributed by atoms with Crippen LogP contribution in [0.3, 0.4) is 0 Å². The number of allylic oxidation sites excluding steroid dienone is 7. The van der Waals surface area contributed by atoms with Crippen LogP contribution in [0.15, 0.2) is 145 Å². The Morgan fingerprint density at radius 1 is 0.838 bits per heavy atom. The summed E-state index contributed by atoms with van der Waals surface area (Å²) in [6.07, 6.45) is 11.0. The Morgan fingerprint density at radius 2 is 1.49 bits per heavy atom. The average Bonchev–Trinajstić information content (AvgIpc) is 3.33. The minimum Gasteiger partial charge on any atom is -0.0995 e. The topological polar surface area (TPSA) is 0 Å². The fraction of sp³-hybridized carbons (Fsp3) is 0.243. The second kappa shape index (κ2) is 12.5. The Labute approximate surface area is 224 Å². The van der Waals surface area contributed by atoms with Crippen LogP contribution in [-0.4, -0.2) is 0 Å². The van der Waals surface area contributed by atoms with Crippen molar-refractivity contribution in [2.24, 2.45) is 0 Å². The number of benzene rings is 3. The fourth-order valence-corrected chi connectivity index (χ4v) is 5.50. The van der Waals surface area contributed by atoms with Crippen molar-refractivity contribution in [1.29, 1.82) is 0 Å². The first-order valence-corrected chi connectivity index (χ1v) is 13.5. The molecule has 1 aliphatic rings. The van der Waals surface area contributed by atoms with Crippen molar-refractivity contribution in [2.45, 2.75) is 57.3 Å². The SMILES string of the molecule is C=C(CC=CC1=CC(c2ccccc2)CC1c1ccc(C)cc1)CCC(=C)C(C(=C)C)c1ccccc1. The third-order valence-corrected chi connectivity index (χ3v) is 7.54. The van der Waals surface area contributed by atoms with E-state index in [4.69, 9.17) is 0 Å². The van der Waals surface area contributed by atoms with E-state index in [1.165, 1.54) is 39.0 Å². The molecule has 0 fully saturated rings. The average molecular weight is 485 g/mol. The standard InChI is InChI=1S/C37H40/c1-27(2)37(33-16-10-7-11-17-33)30(5)22-19-28(3)13-12-18-34-25-35(31-14-8-6-9-15-31)26-36(34)32-23-20-29(4)21-24-32/h6-12,14-18,20-21,23-25,35-37H,1,3,5,13,19,22,26H2,2,4H3. The molecule has 3 aromatic rings. The van der Waals surface area contributed by atoms with Gasteiger partial charge in [0.15, 0.2) is 0 Å². The van der Waals surface area contributed by atoms with Gasteiger partial charge in [0, 0.05) is 17.8 Å². The van der Waals surface area contributed by atoms with Crippen LogP contribution in [-0.2, 0) is 0 Å². The lowest BCUT2D eigenvalue weighted by Crippen LogP contribution is -2.03. The molecule has 3 aromatic carbocycles. The molecule has 37 heavy (non-hydrogen) atoms. The second-order valence-corrected chi connectivity index (χ2v) is 10.6. The van der Waals surface area contributed by atoms with Crippen molar-refractivity contribution in [3.05, 3.63) is 167 Å². The number of hydrogen-bond donors (Lipinski definition) is 0. The Kier molecular flexibility index (Phi) is 8.96. The van der Waals surface area contributed by atoms with Gasteiger partial charge in [-0.3, -0.25) is 0 Å². The van der Waals surface area contributed by atoms with E-state index in [9.17, 15) is 0 Å². The quantitative estimate of drug-likeness (QED) is 0.237. The molecule has 0 saturated heterocycles. The van der Waals surface area contributed by atoms with Crippen LogP contribution in [0.25, 0.3) is 0 Å². The fourth-order valence-electron chi connectivity index (χ4n) is 5.50. The molecular formula is C37H40. The van der Waals surface area contributed by atoms with E-state index in [1.54, 1.807) is 0 Å². The van der Waals surface area contributed by atoms with Crippen LogP contribution in [0, 0.1) is 6.92 Å². The third-order valence-electron chi connectivity index (χ3n) is 7.54. The van der Waals surface area contributed by atoms with Gasteiger partial charge in [0.25, 0.3) is 0 Å². The van der Waals surface area contributed by atoms with Gasteiger partial charge in [-0.25, -0.2) is 0 Å². The van der Waals surface area contributed by atoms with E-state index in [2.05, 4.69) is 137 Å². The van der Waals surface area contributed by atoms with Gasteiger partial charge in [0.2, 0.25) is 0 Å². The van der Waals surface area contributed by atoms with E-state index < -0.39 is 0 Å². The molecule has 3 unspecified atom stereocenters. The maximum absolute atomic E-state index is 4.43. The van der Waals surface area contributed by atoms with Crippen LogP contribution in [0.2, 0.25) is 0 Å². The molecule has 0 radical (unpaired) electrons. The number of aryl methyl sites for hydroxylation is 1. The van der Waals surface area contributed by atoms with Crippen molar-refractivity contribution >= 4 is 0 Å². The molecule has 0 saturated carbocycles. The van der Waals surface area contributed by atoms with Crippen molar-refractivity contribution in [3.63, 3.8) is 0 Å². The van der Waals surface area contributed by atoms with Gasteiger partial charge in [-0.15, -0.1) is 0 Å². The molecule has 0 heterocycles. The highest BCUT2D eigenvalue weighted by Gasteiger charge is 2.27. The molecule has 0 amide bonds. The summed E-state index contributed by atoms with van der Waals surface area (Å²) in [5, 5.41) is 0. The molecule has 0 nitrogen and oxygen atoms in total. The van der Waals surface area contributed by atoms with Crippen LogP contribution >= 0.6 is 0 Å². The van der Waals surface area contributed by atoms with E-state index >= 15 is 0 Å². The largest absolute Gasteiger partial charge is 0.0995 e. The van der Waals surface area contributed by atoms with Crippen LogP contribution in [0.1, 0.15) is 72.6 Å². The highest BCUT2D eigenvalue weighted by Crippen LogP contribution is 2.43. The van der Waals surface area contributed by atoms with Gasteiger partial charge >= 0.3 is 0 Å². The Bertz CT molecular complexity index is 1270. The summed E-state index contributed by atoms with van der Waals surface area (Å²) in [5.74, 6) is 1.09. The molecule has 1 aliphatic carbocycles. The van der Waals surface area contributed by atoms with Gasteiger partial charge in [-0.05, 0) is 61.8 Å². The predicted octanol–water partition coefficient (Wildman–Crippen LogP) is 10.4. The minimum absolute atomic E-state index is 0.207. The number of rotatable bonds is 11. The molecule has 0 bridgehead atoms. The van der Waals surface area contributed by atoms with E-state index in [0.29, 0.717) is 11.8 Å².